The molecule has 2 atom stereocenters. The molecule has 5 rings (SSSR count). The van der Waals surface area contributed by atoms with E-state index < -0.39 is 0 Å². The molecule has 1 aliphatic heterocycles. The normalized spacial score (nSPS) is 21.9. The molecule has 10 heteroatoms. The summed E-state index contributed by atoms with van der Waals surface area (Å²) in [7, 11) is 0. The number of thiophene rings is 1. The van der Waals surface area contributed by atoms with Crippen LogP contribution in [0.25, 0.3) is 0 Å². The second kappa shape index (κ2) is 10.4. The number of amides is 1. The molecular weight excluding hydrogens is 472 g/mol. The van der Waals surface area contributed by atoms with E-state index in [4.69, 9.17) is 9.47 Å². The molecule has 1 saturated carbocycles. The predicted octanol–water partition coefficient (Wildman–Crippen LogP) is 4.43. The van der Waals surface area contributed by atoms with Crippen LogP contribution in [0.15, 0.2) is 5.16 Å². The minimum atomic E-state index is -0.345. The van der Waals surface area contributed by atoms with Crippen molar-refractivity contribution in [2.24, 2.45) is 5.92 Å². The summed E-state index contributed by atoms with van der Waals surface area (Å²) in [5.74, 6) is 1.78. The maximum absolute atomic E-state index is 12.9. The van der Waals surface area contributed by atoms with Crippen LogP contribution in [0, 0.1) is 5.92 Å². The van der Waals surface area contributed by atoms with Crippen molar-refractivity contribution in [3.8, 4) is 0 Å². The summed E-state index contributed by atoms with van der Waals surface area (Å²) in [5, 5.41) is 13.2. The maximum atomic E-state index is 12.9. The van der Waals surface area contributed by atoms with Gasteiger partial charge in [0.1, 0.15) is 10.8 Å². The lowest BCUT2D eigenvalue weighted by molar-refractivity contribution is -0.113. The van der Waals surface area contributed by atoms with Crippen LogP contribution in [0.5, 0.6) is 0 Å². The summed E-state index contributed by atoms with van der Waals surface area (Å²) in [4.78, 5) is 26.9. The predicted molar refractivity (Wildman–Crippen MR) is 132 cm³/mol. The molecule has 2 fully saturated rings. The molecule has 1 saturated heterocycles. The number of nitrogens with one attached hydrogen (secondary N) is 1. The third-order valence-electron chi connectivity index (χ3n) is 6.67. The van der Waals surface area contributed by atoms with Gasteiger partial charge in [-0.3, -0.25) is 4.79 Å². The Morgan fingerprint density at radius 1 is 1.26 bits per heavy atom. The van der Waals surface area contributed by atoms with Gasteiger partial charge in [0.15, 0.2) is 5.16 Å². The molecule has 2 aromatic heterocycles. The van der Waals surface area contributed by atoms with Crippen LogP contribution in [0.2, 0.25) is 0 Å². The first kappa shape index (κ1) is 23.8. The van der Waals surface area contributed by atoms with Gasteiger partial charge >= 0.3 is 5.97 Å². The van der Waals surface area contributed by atoms with Gasteiger partial charge in [0.05, 0.1) is 30.6 Å². The number of rotatable bonds is 9. The number of hydrogen-bond acceptors (Lipinski definition) is 8. The van der Waals surface area contributed by atoms with Crippen LogP contribution in [0.1, 0.15) is 78.5 Å². The third kappa shape index (κ3) is 5.18. The molecule has 34 heavy (non-hydrogen) atoms. The number of ether oxygens (including phenoxy) is 2. The van der Waals surface area contributed by atoms with Gasteiger partial charge in [-0.15, -0.1) is 21.5 Å². The highest BCUT2D eigenvalue weighted by Gasteiger charge is 2.32. The molecular formula is C24H32N4O4S2. The molecule has 1 amide bonds. The molecule has 2 aliphatic carbocycles. The Morgan fingerprint density at radius 3 is 2.85 bits per heavy atom. The van der Waals surface area contributed by atoms with E-state index in [1.54, 1.807) is 6.92 Å². The van der Waals surface area contributed by atoms with E-state index in [1.165, 1.54) is 28.0 Å². The average Bonchev–Trinajstić information content (AvgIpc) is 3.21. The lowest BCUT2D eigenvalue weighted by Crippen LogP contribution is -2.19. The van der Waals surface area contributed by atoms with Gasteiger partial charge in [-0.25, -0.2) is 4.79 Å². The molecule has 3 heterocycles. The fourth-order valence-corrected chi connectivity index (χ4v) is 6.93. The van der Waals surface area contributed by atoms with Crippen LogP contribution < -0.4 is 5.32 Å². The van der Waals surface area contributed by atoms with Gasteiger partial charge in [0.2, 0.25) is 5.91 Å². The number of esters is 1. The quantitative estimate of drug-likeness (QED) is 0.399. The van der Waals surface area contributed by atoms with E-state index in [0.717, 1.165) is 74.6 Å². The minimum Gasteiger partial charge on any atom is -0.462 e. The van der Waals surface area contributed by atoms with Gasteiger partial charge < -0.3 is 19.4 Å². The zero-order valence-electron chi connectivity index (χ0n) is 19.8. The Kier molecular flexibility index (Phi) is 7.27. The molecule has 2 aromatic rings. The van der Waals surface area contributed by atoms with Crippen molar-refractivity contribution >= 4 is 40.0 Å². The van der Waals surface area contributed by atoms with Gasteiger partial charge in [-0.1, -0.05) is 18.7 Å². The second-order valence-corrected chi connectivity index (χ2v) is 11.5. The maximum Gasteiger partial charge on any atom is 0.341 e. The summed E-state index contributed by atoms with van der Waals surface area (Å²) in [5.41, 5.74) is 1.60. The SMILES string of the molecule is CCOC(=O)c1c(NC(=O)CSc2nnc(C3CC3)n2C[C@H]2CCCO2)sc2c1CC[C@H](C)C2. The second-order valence-electron chi connectivity index (χ2n) is 9.47. The molecule has 8 nitrogen and oxygen atoms in total. The Balaban J connectivity index is 1.28. The first-order chi connectivity index (χ1) is 16.5. The van der Waals surface area contributed by atoms with Crippen molar-refractivity contribution in [1.82, 2.24) is 14.8 Å². The van der Waals surface area contributed by atoms with E-state index in [-0.39, 0.29) is 23.7 Å². The number of aromatic nitrogens is 3. The molecule has 3 aliphatic rings. The van der Waals surface area contributed by atoms with Crippen molar-refractivity contribution in [2.75, 3.05) is 24.3 Å². The first-order valence-corrected chi connectivity index (χ1v) is 14.1. The molecule has 0 spiro atoms. The molecule has 0 bridgehead atoms. The number of carbonyl (C=O) groups excluding carboxylic acids is 2. The monoisotopic (exact) mass is 504 g/mol. The first-order valence-electron chi connectivity index (χ1n) is 12.3. The topological polar surface area (TPSA) is 95.3 Å². The Bertz CT molecular complexity index is 1060. The highest BCUT2D eigenvalue weighted by molar-refractivity contribution is 7.99. The summed E-state index contributed by atoms with van der Waals surface area (Å²) >= 11 is 2.91. The number of hydrogen-bond donors (Lipinski definition) is 1. The standard InChI is InChI=1S/C24H32N4O4S2/c1-3-31-23(30)20-17-9-6-14(2)11-18(17)34-22(20)25-19(29)13-33-24-27-26-21(15-7-8-15)28(24)12-16-5-4-10-32-16/h14-16H,3-13H2,1-2H3,(H,25,29)/t14-,16+/m0/s1. The zero-order valence-corrected chi connectivity index (χ0v) is 21.4. The number of nitrogens with zero attached hydrogens (tertiary/aromatic N) is 3. The molecule has 184 valence electrons. The van der Waals surface area contributed by atoms with E-state index in [2.05, 4.69) is 27.0 Å². The van der Waals surface area contributed by atoms with E-state index >= 15 is 0 Å². The summed E-state index contributed by atoms with van der Waals surface area (Å²) in [6.45, 7) is 5.89. The Morgan fingerprint density at radius 2 is 2.12 bits per heavy atom. The van der Waals surface area contributed by atoms with E-state index in [0.29, 0.717) is 29.0 Å². The van der Waals surface area contributed by atoms with Crippen LogP contribution in [-0.4, -0.2) is 51.7 Å². The fourth-order valence-electron chi connectivity index (χ4n) is 4.76. The zero-order chi connectivity index (χ0) is 23.7. The van der Waals surface area contributed by atoms with Crippen LogP contribution >= 0.6 is 23.1 Å². The van der Waals surface area contributed by atoms with Crippen LogP contribution in [0.3, 0.4) is 0 Å². The summed E-state index contributed by atoms with van der Waals surface area (Å²) in [6, 6.07) is 0. The van der Waals surface area contributed by atoms with Gasteiger partial charge in [-0.05, 0) is 63.4 Å². The van der Waals surface area contributed by atoms with Crippen molar-refractivity contribution in [2.45, 2.75) is 82.5 Å². The van der Waals surface area contributed by atoms with Crippen LogP contribution in [0.4, 0.5) is 5.00 Å². The smallest absolute Gasteiger partial charge is 0.341 e. The molecule has 1 N–H and O–H groups in total. The highest BCUT2D eigenvalue weighted by atomic mass is 32.2. The van der Waals surface area contributed by atoms with Crippen molar-refractivity contribution < 1.29 is 19.1 Å². The Labute approximate surface area is 208 Å². The van der Waals surface area contributed by atoms with Gasteiger partial charge in [0.25, 0.3) is 0 Å². The average molecular weight is 505 g/mol. The van der Waals surface area contributed by atoms with Crippen molar-refractivity contribution in [1.29, 1.82) is 0 Å². The molecule has 0 unspecified atom stereocenters. The minimum absolute atomic E-state index is 0.151. The number of carbonyl (C=O) groups is 2. The number of thioether (sulfide) groups is 1. The lowest BCUT2D eigenvalue weighted by atomic mass is 9.88. The number of fused-ring (bicyclic) bond motifs is 1. The summed E-state index contributed by atoms with van der Waals surface area (Å²) < 4.78 is 13.3. The van der Waals surface area contributed by atoms with E-state index in [1.807, 2.05) is 0 Å². The largest absolute Gasteiger partial charge is 0.462 e. The fraction of sp³-hybridized carbons (Fsp3) is 0.667. The highest BCUT2D eigenvalue weighted by Crippen LogP contribution is 2.41. The van der Waals surface area contributed by atoms with Crippen LogP contribution in [-0.2, 0) is 33.7 Å². The Hall–Kier alpha value is -1.91. The number of anilines is 1. The lowest BCUT2D eigenvalue weighted by Gasteiger charge is -2.18. The van der Waals surface area contributed by atoms with Gasteiger partial charge in [0, 0.05) is 17.4 Å². The molecule has 0 aromatic carbocycles. The summed E-state index contributed by atoms with van der Waals surface area (Å²) in [6.07, 6.45) is 7.45. The van der Waals surface area contributed by atoms with Crippen molar-refractivity contribution in [3.63, 3.8) is 0 Å². The van der Waals surface area contributed by atoms with Crippen molar-refractivity contribution in [3.05, 3.63) is 21.8 Å². The third-order valence-corrected chi connectivity index (χ3v) is 8.81. The van der Waals surface area contributed by atoms with Gasteiger partial charge in [-0.2, -0.15) is 0 Å². The molecule has 0 radical (unpaired) electrons. The van der Waals surface area contributed by atoms with E-state index in [9.17, 15) is 9.59 Å².